The van der Waals surface area contributed by atoms with Gasteiger partial charge >= 0.3 is 0 Å². The first-order chi connectivity index (χ1) is 5.84. The highest BCUT2D eigenvalue weighted by atomic mass is 16.5. The molecule has 0 aliphatic carbocycles. The van der Waals surface area contributed by atoms with E-state index < -0.39 is 0 Å². The Bertz CT molecular complexity index is 219. The van der Waals surface area contributed by atoms with Crippen LogP contribution >= 0.6 is 0 Å². The van der Waals surface area contributed by atoms with Gasteiger partial charge in [-0.15, -0.1) is 0 Å². The molecule has 3 nitrogen and oxygen atoms in total. The predicted molar refractivity (Wildman–Crippen MR) is 47.1 cm³/mol. The van der Waals surface area contributed by atoms with Crippen molar-refractivity contribution in [2.75, 3.05) is 6.61 Å². The first kappa shape index (κ1) is 8.97. The molecule has 0 atom stereocenters. The van der Waals surface area contributed by atoms with Gasteiger partial charge in [-0.1, -0.05) is 13.3 Å². The van der Waals surface area contributed by atoms with Crippen molar-refractivity contribution < 1.29 is 9.53 Å². The number of hydrogen-bond donors (Lipinski definition) is 0. The average Bonchev–Trinajstić information content (AvgIpc) is 2.09. The summed E-state index contributed by atoms with van der Waals surface area (Å²) in [5, 5.41) is 0. The fraction of sp³-hybridized carbons (Fsp3) is 0.556. The van der Waals surface area contributed by atoms with Crippen LogP contribution in [0.25, 0.3) is 0 Å². The van der Waals surface area contributed by atoms with Crippen molar-refractivity contribution in [3.05, 3.63) is 12.0 Å². The fourth-order valence-electron chi connectivity index (χ4n) is 0.873. The van der Waals surface area contributed by atoms with E-state index in [1.165, 1.54) is 6.20 Å². The van der Waals surface area contributed by atoms with Gasteiger partial charge in [0.05, 0.1) is 12.8 Å². The summed E-state index contributed by atoms with van der Waals surface area (Å²) in [7, 11) is 0. The number of allylic oxidation sites excluding steroid dienone is 1. The molecular formula is C9H13NO2. The summed E-state index contributed by atoms with van der Waals surface area (Å²) < 4.78 is 5.23. The lowest BCUT2D eigenvalue weighted by Gasteiger charge is -2.08. The number of rotatable bonds is 4. The predicted octanol–water partition coefficient (Wildman–Crippen LogP) is 1.69. The standard InChI is InChI=1S/C9H13NO2/c1-2-3-6-12-9-7-10-5-4-8(9)11/h5,7H,2-4,6H2,1H3. The summed E-state index contributed by atoms with van der Waals surface area (Å²) in [4.78, 5) is 15.0. The Balaban J connectivity index is 2.34. The number of nitrogens with zero attached hydrogens (tertiary/aromatic N) is 1. The Kier molecular flexibility index (Phi) is 3.51. The molecule has 0 aromatic heterocycles. The molecule has 0 aromatic carbocycles. The van der Waals surface area contributed by atoms with Gasteiger partial charge in [0.1, 0.15) is 0 Å². The lowest BCUT2D eigenvalue weighted by Crippen LogP contribution is -2.10. The lowest BCUT2D eigenvalue weighted by molar-refractivity contribution is -0.117. The highest BCUT2D eigenvalue weighted by Gasteiger charge is 2.11. The second kappa shape index (κ2) is 4.70. The van der Waals surface area contributed by atoms with E-state index in [1.807, 2.05) is 0 Å². The molecule has 0 saturated heterocycles. The van der Waals surface area contributed by atoms with Crippen molar-refractivity contribution in [1.29, 1.82) is 0 Å². The molecule has 0 unspecified atom stereocenters. The molecule has 0 radical (unpaired) electrons. The fourth-order valence-corrected chi connectivity index (χ4v) is 0.873. The van der Waals surface area contributed by atoms with E-state index in [2.05, 4.69) is 11.9 Å². The Morgan fingerprint density at radius 3 is 3.17 bits per heavy atom. The molecule has 1 heterocycles. The monoisotopic (exact) mass is 167 g/mol. The topological polar surface area (TPSA) is 38.7 Å². The van der Waals surface area contributed by atoms with Crippen LogP contribution in [0.3, 0.4) is 0 Å². The summed E-state index contributed by atoms with van der Waals surface area (Å²) in [6, 6.07) is 0. The van der Waals surface area contributed by atoms with Gasteiger partial charge in [-0.2, -0.15) is 0 Å². The highest BCUT2D eigenvalue weighted by Crippen LogP contribution is 2.07. The number of carbonyl (C=O) groups excluding carboxylic acids is 1. The van der Waals surface area contributed by atoms with Crippen LogP contribution in [0.5, 0.6) is 0 Å². The molecule has 0 fully saturated rings. The summed E-state index contributed by atoms with van der Waals surface area (Å²) >= 11 is 0. The van der Waals surface area contributed by atoms with Gasteiger partial charge in [-0.05, 0) is 6.42 Å². The van der Waals surface area contributed by atoms with Gasteiger partial charge in [-0.25, -0.2) is 0 Å². The number of ether oxygens (including phenoxy) is 1. The van der Waals surface area contributed by atoms with Crippen LogP contribution in [0.15, 0.2) is 17.0 Å². The minimum absolute atomic E-state index is 0.0288. The Labute approximate surface area is 72.1 Å². The number of unbranched alkanes of at least 4 members (excludes halogenated alkanes) is 1. The zero-order chi connectivity index (χ0) is 8.81. The zero-order valence-corrected chi connectivity index (χ0v) is 7.25. The third-order valence-electron chi connectivity index (χ3n) is 1.60. The molecule has 12 heavy (non-hydrogen) atoms. The van der Waals surface area contributed by atoms with Gasteiger partial charge in [-0.3, -0.25) is 9.79 Å². The average molecular weight is 167 g/mol. The van der Waals surface area contributed by atoms with Crippen LogP contribution in [0, 0.1) is 0 Å². The summed E-state index contributed by atoms with van der Waals surface area (Å²) in [5.41, 5.74) is 0. The molecule has 3 heteroatoms. The van der Waals surface area contributed by atoms with Crippen LogP contribution in [-0.2, 0) is 9.53 Å². The molecule has 0 aromatic rings. The number of Topliss-reactive ketones (excluding diaryl/α,β-unsaturated/α-hetero) is 1. The van der Waals surface area contributed by atoms with Crippen molar-refractivity contribution >= 4 is 12.0 Å². The second-order valence-electron chi connectivity index (χ2n) is 2.65. The maximum Gasteiger partial charge on any atom is 0.204 e. The van der Waals surface area contributed by atoms with Crippen LogP contribution < -0.4 is 0 Å². The first-order valence-corrected chi connectivity index (χ1v) is 4.22. The van der Waals surface area contributed by atoms with Gasteiger partial charge in [0.2, 0.25) is 5.78 Å². The third-order valence-corrected chi connectivity index (χ3v) is 1.60. The second-order valence-corrected chi connectivity index (χ2v) is 2.65. The molecule has 1 aliphatic rings. The minimum atomic E-state index is 0.0288. The van der Waals surface area contributed by atoms with E-state index >= 15 is 0 Å². The van der Waals surface area contributed by atoms with Crippen molar-refractivity contribution in [2.45, 2.75) is 26.2 Å². The maximum absolute atomic E-state index is 11.1. The maximum atomic E-state index is 11.1. The molecule has 0 amide bonds. The molecule has 0 N–H and O–H groups in total. The zero-order valence-electron chi connectivity index (χ0n) is 7.25. The van der Waals surface area contributed by atoms with E-state index in [0.717, 1.165) is 12.8 Å². The molecule has 0 spiro atoms. The SMILES string of the molecule is CCCCOC1=CN=CCC1=O. The molecule has 66 valence electrons. The number of aliphatic imine (C=N–C) groups is 1. The molecule has 1 aliphatic heterocycles. The van der Waals surface area contributed by atoms with Crippen LogP contribution in [0.2, 0.25) is 0 Å². The van der Waals surface area contributed by atoms with Gasteiger partial charge < -0.3 is 4.74 Å². The highest BCUT2D eigenvalue weighted by molar-refractivity contribution is 6.03. The van der Waals surface area contributed by atoms with E-state index in [4.69, 9.17) is 4.74 Å². The minimum Gasteiger partial charge on any atom is -0.488 e. The Hall–Kier alpha value is -1.12. The van der Waals surface area contributed by atoms with E-state index in [-0.39, 0.29) is 5.78 Å². The lowest BCUT2D eigenvalue weighted by atomic mass is 10.2. The van der Waals surface area contributed by atoms with Crippen LogP contribution in [-0.4, -0.2) is 18.6 Å². The summed E-state index contributed by atoms with van der Waals surface area (Å²) in [6.07, 6.45) is 5.51. The van der Waals surface area contributed by atoms with Gasteiger partial charge in [0.25, 0.3) is 0 Å². The largest absolute Gasteiger partial charge is 0.488 e. The summed E-state index contributed by atoms with van der Waals surface area (Å²) in [5.74, 6) is 0.437. The molecular weight excluding hydrogens is 154 g/mol. The smallest absolute Gasteiger partial charge is 0.204 e. The van der Waals surface area contributed by atoms with E-state index in [9.17, 15) is 4.79 Å². The van der Waals surface area contributed by atoms with Crippen molar-refractivity contribution in [3.63, 3.8) is 0 Å². The van der Waals surface area contributed by atoms with Crippen molar-refractivity contribution in [2.24, 2.45) is 4.99 Å². The van der Waals surface area contributed by atoms with Gasteiger partial charge in [0, 0.05) is 12.6 Å². The van der Waals surface area contributed by atoms with Crippen LogP contribution in [0.1, 0.15) is 26.2 Å². The summed E-state index contributed by atoms with van der Waals surface area (Å²) in [6.45, 7) is 2.70. The molecule has 0 saturated carbocycles. The normalized spacial score (nSPS) is 16.1. The molecule has 1 rings (SSSR count). The van der Waals surface area contributed by atoms with E-state index in [0.29, 0.717) is 18.8 Å². The first-order valence-electron chi connectivity index (χ1n) is 4.22. The van der Waals surface area contributed by atoms with Gasteiger partial charge in [0.15, 0.2) is 5.76 Å². The van der Waals surface area contributed by atoms with Crippen LogP contribution in [0.4, 0.5) is 0 Å². The van der Waals surface area contributed by atoms with E-state index in [1.54, 1.807) is 6.21 Å². The quantitative estimate of drug-likeness (QED) is 0.597. The number of ketones is 1. The number of hydrogen-bond acceptors (Lipinski definition) is 3. The number of carbonyl (C=O) groups is 1. The van der Waals surface area contributed by atoms with Crippen molar-refractivity contribution in [3.8, 4) is 0 Å². The third kappa shape index (κ3) is 2.49. The Morgan fingerprint density at radius 2 is 2.50 bits per heavy atom. The Morgan fingerprint density at radius 1 is 1.67 bits per heavy atom. The van der Waals surface area contributed by atoms with Crippen molar-refractivity contribution in [1.82, 2.24) is 0 Å². The molecule has 0 bridgehead atoms.